The minimum Gasteiger partial charge on any atom is -0.496 e. The molecule has 134 valence electrons. The lowest BCUT2D eigenvalue weighted by molar-refractivity contribution is 0.0947. The van der Waals surface area contributed by atoms with E-state index in [9.17, 15) is 9.59 Å². The Balaban J connectivity index is 1.52. The quantitative estimate of drug-likeness (QED) is 0.674. The molecule has 0 unspecified atom stereocenters. The number of methoxy groups -OCH3 is 1. The van der Waals surface area contributed by atoms with Gasteiger partial charge in [0, 0.05) is 6.54 Å². The van der Waals surface area contributed by atoms with Crippen LogP contribution >= 0.6 is 0 Å². The van der Waals surface area contributed by atoms with Crippen LogP contribution in [0.15, 0.2) is 57.8 Å². The topological polar surface area (TPSA) is 107 Å². The molecule has 3 aromatic rings. The average Bonchev–Trinajstić information content (AvgIpc) is 3.34. The number of benzene rings is 1. The van der Waals surface area contributed by atoms with Crippen molar-refractivity contribution >= 4 is 17.8 Å². The Labute approximate surface area is 149 Å². The Morgan fingerprint density at radius 3 is 2.73 bits per heavy atom. The molecule has 0 spiro atoms. The number of furan rings is 1. The van der Waals surface area contributed by atoms with E-state index in [0.29, 0.717) is 13.0 Å². The minimum atomic E-state index is -0.514. The molecule has 8 nitrogen and oxygen atoms in total. The second kappa shape index (κ2) is 8.02. The zero-order valence-electron chi connectivity index (χ0n) is 14.0. The second-order valence-corrected chi connectivity index (χ2v) is 5.29. The Hall–Kier alpha value is -3.55. The van der Waals surface area contributed by atoms with Gasteiger partial charge < -0.3 is 18.9 Å². The maximum atomic E-state index is 12.1. The van der Waals surface area contributed by atoms with Crippen molar-refractivity contribution in [1.29, 1.82) is 0 Å². The van der Waals surface area contributed by atoms with Gasteiger partial charge in [0.05, 0.1) is 13.4 Å². The smallest absolute Gasteiger partial charge is 0.302 e. The summed E-state index contributed by atoms with van der Waals surface area (Å²) in [7, 11) is 1.60. The first kappa shape index (κ1) is 17.3. The summed E-state index contributed by atoms with van der Waals surface area (Å²) in [4.78, 5) is 27.9. The molecular weight excluding hydrogens is 338 g/mol. The molecule has 0 aliphatic rings. The second-order valence-electron chi connectivity index (χ2n) is 5.29. The van der Waals surface area contributed by atoms with Crippen LogP contribution < -0.4 is 15.4 Å². The third-order valence-electron chi connectivity index (χ3n) is 3.57. The van der Waals surface area contributed by atoms with Crippen LogP contribution in [0.25, 0.3) is 0 Å². The fourth-order valence-electron chi connectivity index (χ4n) is 2.31. The number of nitrogens with one attached hydrogen (secondary N) is 2. The van der Waals surface area contributed by atoms with Crippen LogP contribution in [0.1, 0.15) is 26.6 Å². The van der Waals surface area contributed by atoms with Gasteiger partial charge in [-0.3, -0.25) is 14.9 Å². The molecule has 0 fully saturated rings. The number of ether oxygens (including phenoxy) is 1. The fraction of sp³-hybridized carbons (Fsp3) is 0.167. The van der Waals surface area contributed by atoms with E-state index in [1.54, 1.807) is 13.2 Å². The highest BCUT2D eigenvalue weighted by Crippen LogP contribution is 2.17. The van der Waals surface area contributed by atoms with E-state index in [2.05, 4.69) is 15.6 Å². The molecule has 26 heavy (non-hydrogen) atoms. The molecule has 0 aliphatic heterocycles. The summed E-state index contributed by atoms with van der Waals surface area (Å²) in [6.07, 6.45) is 3.16. The van der Waals surface area contributed by atoms with Gasteiger partial charge >= 0.3 is 6.01 Å². The standard InChI is InChI=1S/C18H17N3O5/c1-24-14-6-3-2-5-12(14)8-9-19-16(22)13-11-26-18(20-13)21-17(23)15-7-4-10-25-15/h2-7,10-11H,8-9H2,1H3,(H,19,22)(H,20,21,23). The van der Waals surface area contributed by atoms with Crippen molar-refractivity contribution in [3.05, 3.63) is 65.9 Å². The number of anilines is 1. The molecule has 2 N–H and O–H groups in total. The molecule has 2 aromatic heterocycles. The SMILES string of the molecule is COc1ccccc1CCNC(=O)c1coc(NC(=O)c2ccco2)n1. The van der Waals surface area contributed by atoms with Crippen molar-refractivity contribution in [3.63, 3.8) is 0 Å². The van der Waals surface area contributed by atoms with Crippen LogP contribution in [0.5, 0.6) is 5.75 Å². The molecule has 2 heterocycles. The molecule has 0 radical (unpaired) electrons. The third kappa shape index (κ3) is 4.10. The van der Waals surface area contributed by atoms with Crippen LogP contribution in [0.2, 0.25) is 0 Å². The van der Waals surface area contributed by atoms with E-state index >= 15 is 0 Å². The van der Waals surface area contributed by atoms with Crippen molar-refractivity contribution < 1.29 is 23.2 Å². The number of oxazole rings is 1. The predicted octanol–water partition coefficient (Wildman–Crippen LogP) is 2.50. The zero-order valence-corrected chi connectivity index (χ0v) is 14.0. The fourth-order valence-corrected chi connectivity index (χ4v) is 2.31. The molecule has 0 saturated heterocycles. The molecule has 0 bridgehead atoms. The number of hydrogen-bond donors (Lipinski definition) is 2. The molecule has 3 rings (SSSR count). The van der Waals surface area contributed by atoms with E-state index in [0.717, 1.165) is 11.3 Å². The lowest BCUT2D eigenvalue weighted by atomic mass is 10.1. The number of aromatic nitrogens is 1. The monoisotopic (exact) mass is 355 g/mol. The van der Waals surface area contributed by atoms with E-state index in [1.807, 2.05) is 24.3 Å². The Bertz CT molecular complexity index is 886. The molecule has 2 amide bonds. The first-order valence-electron chi connectivity index (χ1n) is 7.88. The van der Waals surface area contributed by atoms with Crippen LogP contribution in [-0.2, 0) is 6.42 Å². The van der Waals surface area contributed by atoms with E-state index in [-0.39, 0.29) is 17.5 Å². The van der Waals surface area contributed by atoms with Gasteiger partial charge in [0.2, 0.25) is 0 Å². The van der Waals surface area contributed by atoms with Crippen LogP contribution in [0.4, 0.5) is 6.01 Å². The van der Waals surface area contributed by atoms with Crippen molar-refractivity contribution in [1.82, 2.24) is 10.3 Å². The largest absolute Gasteiger partial charge is 0.496 e. The van der Waals surface area contributed by atoms with Crippen molar-refractivity contribution in [3.8, 4) is 5.75 Å². The Morgan fingerprint density at radius 1 is 1.12 bits per heavy atom. The normalized spacial score (nSPS) is 10.3. The minimum absolute atomic E-state index is 0.0692. The molecule has 0 atom stereocenters. The Kier molecular flexibility index (Phi) is 5.33. The summed E-state index contributed by atoms with van der Waals surface area (Å²) < 4.78 is 15.3. The predicted molar refractivity (Wildman–Crippen MR) is 92.2 cm³/mol. The van der Waals surface area contributed by atoms with Crippen LogP contribution in [-0.4, -0.2) is 30.5 Å². The van der Waals surface area contributed by atoms with Gasteiger partial charge in [0.1, 0.15) is 12.0 Å². The number of rotatable bonds is 7. The molecule has 0 saturated carbocycles. The maximum absolute atomic E-state index is 12.1. The van der Waals surface area contributed by atoms with Crippen LogP contribution in [0, 0.1) is 0 Å². The Morgan fingerprint density at radius 2 is 1.96 bits per heavy atom. The number of nitrogens with zero attached hydrogens (tertiary/aromatic N) is 1. The summed E-state index contributed by atoms with van der Waals surface area (Å²) in [6.45, 7) is 0.403. The number of para-hydroxylation sites is 1. The van der Waals surface area contributed by atoms with Gasteiger partial charge in [0.25, 0.3) is 11.8 Å². The van der Waals surface area contributed by atoms with Crippen LogP contribution in [0.3, 0.4) is 0 Å². The van der Waals surface area contributed by atoms with Gasteiger partial charge in [-0.15, -0.1) is 0 Å². The van der Waals surface area contributed by atoms with E-state index < -0.39 is 11.8 Å². The van der Waals surface area contributed by atoms with Gasteiger partial charge in [0.15, 0.2) is 11.5 Å². The van der Waals surface area contributed by atoms with Gasteiger partial charge in [-0.05, 0) is 30.2 Å². The molecule has 1 aromatic carbocycles. The number of carbonyl (C=O) groups excluding carboxylic acids is 2. The van der Waals surface area contributed by atoms with E-state index in [4.69, 9.17) is 13.6 Å². The summed E-state index contributed by atoms with van der Waals surface area (Å²) in [5.41, 5.74) is 1.06. The highest BCUT2D eigenvalue weighted by Gasteiger charge is 2.16. The number of amides is 2. The van der Waals surface area contributed by atoms with E-state index in [1.165, 1.54) is 18.6 Å². The van der Waals surface area contributed by atoms with Gasteiger partial charge in [-0.25, -0.2) is 0 Å². The third-order valence-corrected chi connectivity index (χ3v) is 3.57. The lowest BCUT2D eigenvalue weighted by Crippen LogP contribution is -2.26. The molecule has 8 heteroatoms. The van der Waals surface area contributed by atoms with Crippen molar-refractivity contribution in [2.75, 3.05) is 19.0 Å². The summed E-state index contributed by atoms with van der Waals surface area (Å²) in [6, 6.07) is 10.6. The number of hydrogen-bond acceptors (Lipinski definition) is 6. The van der Waals surface area contributed by atoms with Crippen molar-refractivity contribution in [2.24, 2.45) is 0 Å². The highest BCUT2D eigenvalue weighted by molar-refractivity contribution is 6.01. The summed E-state index contributed by atoms with van der Waals surface area (Å²) >= 11 is 0. The highest BCUT2D eigenvalue weighted by atomic mass is 16.5. The number of carbonyl (C=O) groups is 2. The van der Waals surface area contributed by atoms with Gasteiger partial charge in [-0.2, -0.15) is 4.98 Å². The average molecular weight is 355 g/mol. The first-order valence-corrected chi connectivity index (χ1v) is 7.88. The van der Waals surface area contributed by atoms with Gasteiger partial charge in [-0.1, -0.05) is 18.2 Å². The lowest BCUT2D eigenvalue weighted by Gasteiger charge is -2.08. The maximum Gasteiger partial charge on any atom is 0.302 e. The summed E-state index contributed by atoms with van der Waals surface area (Å²) in [5, 5.41) is 5.15. The molecular formula is C18H17N3O5. The molecule has 0 aliphatic carbocycles. The zero-order chi connectivity index (χ0) is 18.4. The summed E-state index contributed by atoms with van der Waals surface area (Å²) in [5.74, 6) is -0.0285. The first-order chi connectivity index (χ1) is 12.7. The van der Waals surface area contributed by atoms with Crippen molar-refractivity contribution in [2.45, 2.75) is 6.42 Å².